The van der Waals surface area contributed by atoms with Crippen molar-refractivity contribution in [2.24, 2.45) is 0 Å². The molecule has 20 heavy (non-hydrogen) atoms. The first-order valence-electron chi connectivity index (χ1n) is 6.60. The smallest absolute Gasteiger partial charge is 0.324 e. The van der Waals surface area contributed by atoms with E-state index in [2.05, 4.69) is 5.32 Å². The van der Waals surface area contributed by atoms with Gasteiger partial charge in [-0.3, -0.25) is 14.5 Å². The van der Waals surface area contributed by atoms with E-state index in [4.69, 9.17) is 5.73 Å². The monoisotopic (exact) mass is 278 g/mol. The van der Waals surface area contributed by atoms with E-state index in [0.717, 1.165) is 11.3 Å². The second kappa shape index (κ2) is 5.77. The van der Waals surface area contributed by atoms with E-state index in [1.54, 1.807) is 0 Å². The van der Waals surface area contributed by atoms with Crippen molar-refractivity contribution in [2.45, 2.75) is 32.4 Å². The van der Waals surface area contributed by atoms with Crippen LogP contribution in [0.1, 0.15) is 19.8 Å². The summed E-state index contributed by atoms with van der Waals surface area (Å²) in [7, 11) is 0. The quantitative estimate of drug-likeness (QED) is 0.749. The second-order valence-electron chi connectivity index (χ2n) is 4.77. The lowest BCUT2D eigenvalue weighted by atomic mass is 10.2. The van der Waals surface area contributed by atoms with Crippen molar-refractivity contribution in [2.75, 3.05) is 12.3 Å². The number of pyridine rings is 1. The van der Waals surface area contributed by atoms with E-state index in [0.29, 0.717) is 12.1 Å². The Labute approximate surface area is 116 Å². The lowest BCUT2D eigenvalue weighted by Gasteiger charge is -2.14. The molecule has 0 saturated carbocycles. The molecule has 0 spiro atoms. The van der Waals surface area contributed by atoms with Crippen molar-refractivity contribution < 1.29 is 9.59 Å². The number of amides is 3. The Morgan fingerprint density at radius 3 is 2.70 bits per heavy atom. The molecular formula is C13H18N4O3. The van der Waals surface area contributed by atoms with Gasteiger partial charge in [0.1, 0.15) is 6.04 Å². The molecule has 3 amide bonds. The van der Waals surface area contributed by atoms with E-state index in [-0.39, 0.29) is 24.6 Å². The zero-order valence-corrected chi connectivity index (χ0v) is 11.3. The number of hydrogen-bond acceptors (Lipinski definition) is 4. The van der Waals surface area contributed by atoms with Crippen molar-refractivity contribution in [3.63, 3.8) is 0 Å². The molecule has 1 aromatic heterocycles. The molecule has 2 rings (SSSR count). The van der Waals surface area contributed by atoms with E-state index < -0.39 is 12.1 Å². The Hall–Kier alpha value is -2.31. The molecule has 7 heteroatoms. The first kappa shape index (κ1) is 14.1. The number of carbonyl (C=O) groups excluding carboxylic acids is 2. The molecule has 0 aromatic carbocycles. The van der Waals surface area contributed by atoms with Gasteiger partial charge in [-0.25, -0.2) is 4.79 Å². The molecule has 0 aliphatic carbocycles. The van der Waals surface area contributed by atoms with Crippen LogP contribution in [0.3, 0.4) is 0 Å². The maximum absolute atomic E-state index is 12.0. The Balaban J connectivity index is 2.04. The minimum absolute atomic E-state index is 0.161. The van der Waals surface area contributed by atoms with Gasteiger partial charge in [-0.05, 0) is 12.5 Å². The fourth-order valence-corrected chi connectivity index (χ4v) is 2.21. The van der Waals surface area contributed by atoms with E-state index in [9.17, 15) is 14.4 Å². The first-order valence-corrected chi connectivity index (χ1v) is 6.60. The number of nitrogens with zero attached hydrogens (tertiary/aromatic N) is 2. The normalized spacial score (nSPS) is 18.4. The van der Waals surface area contributed by atoms with Crippen LogP contribution in [-0.2, 0) is 11.3 Å². The van der Waals surface area contributed by atoms with Crippen LogP contribution in [0.5, 0.6) is 0 Å². The average molecular weight is 278 g/mol. The van der Waals surface area contributed by atoms with Crippen LogP contribution in [0, 0.1) is 0 Å². The molecule has 7 nitrogen and oxygen atoms in total. The Morgan fingerprint density at radius 1 is 1.25 bits per heavy atom. The Kier molecular flexibility index (Phi) is 4.07. The summed E-state index contributed by atoms with van der Waals surface area (Å²) in [5.74, 6) is -0.228. The van der Waals surface area contributed by atoms with Gasteiger partial charge in [0, 0.05) is 31.0 Å². The molecule has 2 heterocycles. The minimum Gasteiger partial charge on any atom is -0.398 e. The number of nitrogen functional groups attached to an aromatic ring is 1. The van der Waals surface area contributed by atoms with Crippen molar-refractivity contribution >= 4 is 17.6 Å². The number of anilines is 1. The van der Waals surface area contributed by atoms with Gasteiger partial charge in [-0.1, -0.05) is 13.3 Å². The number of nitrogens with one attached hydrogen (secondary N) is 1. The lowest BCUT2D eigenvalue weighted by Crippen LogP contribution is -2.36. The van der Waals surface area contributed by atoms with Crippen molar-refractivity contribution in [3.05, 3.63) is 28.7 Å². The van der Waals surface area contributed by atoms with Gasteiger partial charge in [-0.15, -0.1) is 0 Å². The number of imide groups is 1. The summed E-state index contributed by atoms with van der Waals surface area (Å²) in [6.07, 6.45) is 2.95. The largest absolute Gasteiger partial charge is 0.398 e. The van der Waals surface area contributed by atoms with Crippen LogP contribution in [0.25, 0.3) is 0 Å². The zero-order valence-electron chi connectivity index (χ0n) is 11.3. The molecule has 1 fully saturated rings. The van der Waals surface area contributed by atoms with Crippen LogP contribution in [0.15, 0.2) is 23.1 Å². The standard InChI is InChI=1S/C13H18N4O3/c1-2-3-10-12(19)17(13(20)15-10)7-6-16-8-9(14)4-5-11(16)18/h4-5,8,10H,2-3,6-7,14H2,1H3,(H,15,20). The molecule has 1 saturated heterocycles. The summed E-state index contributed by atoms with van der Waals surface area (Å²) < 4.78 is 1.39. The van der Waals surface area contributed by atoms with Gasteiger partial charge in [0.25, 0.3) is 11.5 Å². The molecule has 0 radical (unpaired) electrons. The highest BCUT2D eigenvalue weighted by Crippen LogP contribution is 2.11. The SMILES string of the molecule is CCCC1NC(=O)N(CCn2cc(N)ccc2=O)C1=O. The molecule has 1 aliphatic rings. The third kappa shape index (κ3) is 2.81. The third-order valence-corrected chi connectivity index (χ3v) is 3.26. The maximum Gasteiger partial charge on any atom is 0.324 e. The first-order chi connectivity index (χ1) is 9.52. The molecule has 1 aromatic rings. The summed E-state index contributed by atoms with van der Waals surface area (Å²) in [6.45, 7) is 2.35. The van der Waals surface area contributed by atoms with Crippen LogP contribution in [0.2, 0.25) is 0 Å². The van der Waals surface area contributed by atoms with Gasteiger partial charge < -0.3 is 15.6 Å². The number of carbonyl (C=O) groups is 2. The molecular weight excluding hydrogens is 260 g/mol. The number of nitrogens with two attached hydrogens (primary N) is 1. The maximum atomic E-state index is 12.0. The van der Waals surface area contributed by atoms with Crippen LogP contribution >= 0.6 is 0 Å². The van der Waals surface area contributed by atoms with Gasteiger partial charge in [0.2, 0.25) is 0 Å². The predicted molar refractivity (Wildman–Crippen MR) is 74.1 cm³/mol. The summed E-state index contributed by atoms with van der Waals surface area (Å²) in [5, 5.41) is 2.64. The zero-order chi connectivity index (χ0) is 14.7. The van der Waals surface area contributed by atoms with Gasteiger partial charge >= 0.3 is 6.03 Å². The van der Waals surface area contributed by atoms with Gasteiger partial charge in [0.05, 0.1) is 0 Å². The van der Waals surface area contributed by atoms with Gasteiger partial charge in [-0.2, -0.15) is 0 Å². The van der Waals surface area contributed by atoms with E-state index in [1.807, 2.05) is 6.92 Å². The highest BCUT2D eigenvalue weighted by Gasteiger charge is 2.36. The lowest BCUT2D eigenvalue weighted by molar-refractivity contribution is -0.127. The summed E-state index contributed by atoms with van der Waals surface area (Å²) in [4.78, 5) is 36.5. The molecule has 1 aliphatic heterocycles. The van der Waals surface area contributed by atoms with Crippen molar-refractivity contribution in [1.82, 2.24) is 14.8 Å². The predicted octanol–water partition coefficient (Wildman–Crippen LogP) is 0.151. The van der Waals surface area contributed by atoms with E-state index >= 15 is 0 Å². The third-order valence-electron chi connectivity index (χ3n) is 3.26. The van der Waals surface area contributed by atoms with Crippen molar-refractivity contribution in [1.29, 1.82) is 0 Å². The number of aromatic nitrogens is 1. The molecule has 3 N–H and O–H groups in total. The van der Waals surface area contributed by atoms with Crippen molar-refractivity contribution in [3.8, 4) is 0 Å². The number of urea groups is 1. The summed E-state index contributed by atoms with van der Waals surface area (Å²) >= 11 is 0. The second-order valence-corrected chi connectivity index (χ2v) is 4.77. The number of hydrogen-bond donors (Lipinski definition) is 2. The molecule has 1 unspecified atom stereocenters. The van der Waals surface area contributed by atoms with E-state index in [1.165, 1.54) is 22.9 Å². The highest BCUT2D eigenvalue weighted by atomic mass is 16.2. The Bertz CT molecular complexity index is 581. The molecule has 108 valence electrons. The average Bonchev–Trinajstić information content (AvgIpc) is 2.67. The van der Waals surface area contributed by atoms with Gasteiger partial charge in [0.15, 0.2) is 0 Å². The summed E-state index contributed by atoms with van der Waals surface area (Å²) in [5.41, 5.74) is 5.86. The molecule has 1 atom stereocenters. The summed E-state index contributed by atoms with van der Waals surface area (Å²) in [6, 6.07) is 2.04. The number of rotatable bonds is 5. The Morgan fingerprint density at radius 2 is 2.00 bits per heavy atom. The van der Waals surface area contributed by atoms with Crippen LogP contribution in [-0.4, -0.2) is 34.0 Å². The fraction of sp³-hybridized carbons (Fsp3) is 0.462. The molecule has 0 bridgehead atoms. The topological polar surface area (TPSA) is 97.4 Å². The van der Waals surface area contributed by atoms with Crippen LogP contribution < -0.4 is 16.6 Å². The highest BCUT2D eigenvalue weighted by molar-refractivity contribution is 6.04. The fourth-order valence-electron chi connectivity index (χ4n) is 2.21. The minimum atomic E-state index is -0.440. The van der Waals surface area contributed by atoms with Crippen LogP contribution in [0.4, 0.5) is 10.5 Å².